The minimum Gasteiger partial charge on any atom is -0.0630 e. The molecule has 0 aliphatic heterocycles. The van der Waals surface area contributed by atoms with Crippen molar-refractivity contribution in [2.75, 3.05) is 0 Å². The van der Waals surface area contributed by atoms with E-state index in [4.69, 9.17) is 0 Å². The zero-order chi connectivity index (χ0) is 7.15. The van der Waals surface area contributed by atoms with Gasteiger partial charge in [-0.15, -0.1) is 0 Å². The van der Waals surface area contributed by atoms with Crippen molar-refractivity contribution in [2.45, 2.75) is 41.5 Å². The van der Waals surface area contributed by atoms with Gasteiger partial charge in [-0.2, -0.15) is 0 Å². The topological polar surface area (TPSA) is 0 Å². The zero-order valence-electron chi connectivity index (χ0n) is 8.15. The molecule has 0 heterocycles. The Hall–Kier alpha value is 1.64. The molecule has 0 spiro atoms. The minimum absolute atomic E-state index is 0. The first kappa shape index (κ1) is 16.9. The van der Waals surface area contributed by atoms with Crippen LogP contribution in [-0.4, -0.2) is 51.4 Å². The van der Waals surface area contributed by atoms with Gasteiger partial charge in [-0.25, -0.2) is 0 Å². The van der Waals surface area contributed by atoms with Crippen molar-refractivity contribution in [3.05, 3.63) is 0 Å². The van der Waals surface area contributed by atoms with Gasteiger partial charge in [-0.3, -0.25) is 0 Å². The third kappa shape index (κ3) is 210. The molecule has 1 heteroatoms. The molecule has 0 aromatic carbocycles. The average Bonchev–Trinajstić information content (AvgIpc) is 1.25. The second kappa shape index (κ2) is 12.3. The quantitative estimate of drug-likeness (QED) is 0.472. The molecule has 53 valence electrons. The molecule has 0 saturated heterocycles. The van der Waals surface area contributed by atoms with Crippen LogP contribution in [-0.2, 0) is 0 Å². The van der Waals surface area contributed by atoms with E-state index in [0.717, 1.165) is 11.8 Å². The molecule has 9 heavy (non-hydrogen) atoms. The summed E-state index contributed by atoms with van der Waals surface area (Å²) in [5.41, 5.74) is 0. The van der Waals surface area contributed by atoms with E-state index < -0.39 is 0 Å². The van der Waals surface area contributed by atoms with Gasteiger partial charge in [-0.1, -0.05) is 41.5 Å². The van der Waals surface area contributed by atoms with Crippen LogP contribution in [0.15, 0.2) is 0 Å². The Bertz CT molecular complexity index is 20.0. The summed E-state index contributed by atoms with van der Waals surface area (Å²) in [6.45, 7) is 13.0. The summed E-state index contributed by atoms with van der Waals surface area (Å²) in [4.78, 5) is 0. The number of rotatable bonds is 0. The predicted molar refractivity (Wildman–Crippen MR) is 46.8 cm³/mol. The molecule has 0 aromatic heterocycles. The second-order valence-electron chi connectivity index (χ2n) is 3.46. The molecule has 0 fully saturated rings. The van der Waals surface area contributed by atoms with Crippen LogP contribution in [0.5, 0.6) is 0 Å². The van der Waals surface area contributed by atoms with Crippen LogP contribution in [0.1, 0.15) is 41.5 Å². The molecule has 0 unspecified atom stereocenters. The van der Waals surface area contributed by atoms with Crippen molar-refractivity contribution in [1.29, 1.82) is 0 Å². The van der Waals surface area contributed by atoms with E-state index in [9.17, 15) is 0 Å². The molecule has 0 atom stereocenters. The molecule has 0 nitrogen and oxygen atoms in total. The van der Waals surface area contributed by atoms with Gasteiger partial charge in [0.15, 0.2) is 0 Å². The first-order valence-corrected chi connectivity index (χ1v) is 3.46. The van der Waals surface area contributed by atoms with E-state index in [1.807, 2.05) is 0 Å². The molecule has 0 aliphatic rings. The molecule has 0 rings (SSSR count). The first-order chi connectivity index (χ1) is 3.46. The van der Waals surface area contributed by atoms with Gasteiger partial charge in [0.1, 0.15) is 0 Å². The normalized spacial score (nSPS) is 8.00. The van der Waals surface area contributed by atoms with E-state index >= 15 is 0 Å². The maximum Gasteiger partial charge on any atom is 0 e. The third-order valence-corrected chi connectivity index (χ3v) is 0. The van der Waals surface area contributed by atoms with Gasteiger partial charge in [-0.05, 0) is 11.8 Å². The smallest absolute Gasteiger partial charge is 0 e. The maximum atomic E-state index is 2.17. The first-order valence-electron chi connectivity index (χ1n) is 3.46. The largest absolute Gasteiger partial charge is 0.0630 e. The summed E-state index contributed by atoms with van der Waals surface area (Å²) in [6.07, 6.45) is 0. The van der Waals surface area contributed by atoms with E-state index in [-0.39, 0.29) is 51.4 Å². The predicted octanol–water partition coefficient (Wildman–Crippen LogP) is 2.94. The Morgan fingerprint density at radius 3 is 0.556 bits per heavy atom. The maximum absolute atomic E-state index is 2.17. The van der Waals surface area contributed by atoms with E-state index in [1.165, 1.54) is 0 Å². The van der Waals surface area contributed by atoms with Crippen molar-refractivity contribution in [1.82, 2.24) is 0 Å². The zero-order valence-corrected chi connectivity index (χ0v) is 11.3. The molecule has 0 N–H and O–H groups in total. The summed E-state index contributed by atoms with van der Waals surface area (Å²) >= 11 is 0. The fourth-order valence-corrected chi connectivity index (χ4v) is 0. The van der Waals surface area contributed by atoms with Crippen molar-refractivity contribution < 1.29 is 0 Å². The summed E-state index contributed by atoms with van der Waals surface area (Å²) < 4.78 is 0. The van der Waals surface area contributed by atoms with Gasteiger partial charge >= 0.3 is 0 Å². The number of hydrogen-bond donors (Lipinski definition) is 0. The molecule has 0 aromatic rings. The van der Waals surface area contributed by atoms with Crippen LogP contribution in [0, 0.1) is 11.8 Å². The molecule has 0 bridgehead atoms. The van der Waals surface area contributed by atoms with Gasteiger partial charge < -0.3 is 0 Å². The van der Waals surface area contributed by atoms with Gasteiger partial charge in [0, 0.05) is 51.4 Å². The van der Waals surface area contributed by atoms with Gasteiger partial charge in [0.2, 0.25) is 0 Å². The van der Waals surface area contributed by atoms with E-state index in [0.29, 0.717) is 0 Å². The Balaban J connectivity index is -0.0000000720. The van der Waals surface area contributed by atoms with Crippen LogP contribution in [0.3, 0.4) is 0 Å². The van der Waals surface area contributed by atoms with Crippen LogP contribution in [0.25, 0.3) is 0 Å². The van der Waals surface area contributed by atoms with Crippen molar-refractivity contribution in [2.24, 2.45) is 11.8 Å². The average molecular weight is 155 g/mol. The van der Waals surface area contributed by atoms with Crippen molar-refractivity contribution >= 4 is 51.4 Å². The SMILES string of the molecule is CC(C)C.CC(C)C.[K]. The number of hydrogen-bond acceptors (Lipinski definition) is 0. The summed E-state index contributed by atoms with van der Waals surface area (Å²) in [6, 6.07) is 0. The fraction of sp³-hybridized carbons (Fsp3) is 1.00. The monoisotopic (exact) mass is 155 g/mol. The van der Waals surface area contributed by atoms with Crippen LogP contribution in [0.4, 0.5) is 0 Å². The molecule has 1 radical (unpaired) electrons. The Kier molecular flexibility index (Phi) is 23.2. The molecule has 0 saturated carbocycles. The van der Waals surface area contributed by atoms with Crippen molar-refractivity contribution in [3.8, 4) is 0 Å². The van der Waals surface area contributed by atoms with Crippen molar-refractivity contribution in [3.63, 3.8) is 0 Å². The summed E-state index contributed by atoms with van der Waals surface area (Å²) in [7, 11) is 0. The fourth-order valence-electron chi connectivity index (χ4n) is 0. The van der Waals surface area contributed by atoms with Gasteiger partial charge in [0.25, 0.3) is 0 Å². The van der Waals surface area contributed by atoms with E-state index in [1.54, 1.807) is 0 Å². The van der Waals surface area contributed by atoms with E-state index in [2.05, 4.69) is 41.5 Å². The minimum atomic E-state index is 0. The molecular weight excluding hydrogens is 135 g/mol. The van der Waals surface area contributed by atoms with Crippen LogP contribution < -0.4 is 0 Å². The van der Waals surface area contributed by atoms with Crippen LogP contribution >= 0.6 is 0 Å². The molecular formula is C8H20K. The Labute approximate surface area is 103 Å². The molecule has 0 amide bonds. The third-order valence-electron chi connectivity index (χ3n) is 0. The second-order valence-corrected chi connectivity index (χ2v) is 3.46. The Morgan fingerprint density at radius 2 is 0.556 bits per heavy atom. The molecule has 0 aliphatic carbocycles. The summed E-state index contributed by atoms with van der Waals surface area (Å²) in [5, 5.41) is 0. The van der Waals surface area contributed by atoms with Gasteiger partial charge in [0.05, 0.1) is 0 Å². The Morgan fingerprint density at radius 1 is 0.556 bits per heavy atom. The van der Waals surface area contributed by atoms with Crippen LogP contribution in [0.2, 0.25) is 0 Å². The summed E-state index contributed by atoms with van der Waals surface area (Å²) in [5.74, 6) is 1.67. The standard InChI is InChI=1S/2C4H10.K/c2*1-4(2)3;/h2*4H,1-3H3;.